The first-order chi connectivity index (χ1) is 8.63. The maximum absolute atomic E-state index is 8.85. The second-order valence-corrected chi connectivity index (χ2v) is 5.19. The lowest BCUT2D eigenvalue weighted by molar-refractivity contribution is 0.760. The SMILES string of the molecule is CC1=C(C(C)C)C(c2ccc(C#N)cc2)=CCC1. The Bertz CT molecular complexity index is 536. The molecule has 1 aromatic rings. The highest BCUT2D eigenvalue weighted by molar-refractivity contribution is 5.81. The minimum absolute atomic E-state index is 0.548. The molecule has 1 aliphatic rings. The fraction of sp³-hybridized carbons (Fsp3) is 0.353. The molecule has 1 heteroatoms. The molecular formula is C17H19N. The molecule has 0 heterocycles. The van der Waals surface area contributed by atoms with Crippen LogP contribution in [0.3, 0.4) is 0 Å². The number of nitriles is 1. The predicted octanol–water partition coefficient (Wildman–Crippen LogP) is 4.71. The molecule has 0 N–H and O–H groups in total. The Morgan fingerprint density at radius 1 is 1.17 bits per heavy atom. The summed E-state index contributed by atoms with van der Waals surface area (Å²) in [6, 6.07) is 10.1. The van der Waals surface area contributed by atoms with Gasteiger partial charge in [0.2, 0.25) is 0 Å². The van der Waals surface area contributed by atoms with Crippen LogP contribution in [0.15, 0.2) is 41.5 Å². The molecule has 18 heavy (non-hydrogen) atoms. The van der Waals surface area contributed by atoms with Crippen molar-refractivity contribution in [1.29, 1.82) is 5.26 Å². The van der Waals surface area contributed by atoms with Crippen LogP contribution in [0.5, 0.6) is 0 Å². The molecule has 2 rings (SSSR count). The van der Waals surface area contributed by atoms with Crippen LogP contribution in [-0.2, 0) is 0 Å². The van der Waals surface area contributed by atoms with Gasteiger partial charge < -0.3 is 0 Å². The Morgan fingerprint density at radius 3 is 2.39 bits per heavy atom. The van der Waals surface area contributed by atoms with Crippen molar-refractivity contribution in [3.63, 3.8) is 0 Å². The van der Waals surface area contributed by atoms with E-state index in [1.54, 1.807) is 0 Å². The number of hydrogen-bond donors (Lipinski definition) is 0. The smallest absolute Gasteiger partial charge is 0.0991 e. The zero-order valence-corrected chi connectivity index (χ0v) is 11.3. The minimum Gasteiger partial charge on any atom is -0.192 e. The van der Waals surface area contributed by atoms with Gasteiger partial charge >= 0.3 is 0 Å². The molecule has 0 atom stereocenters. The van der Waals surface area contributed by atoms with E-state index in [0.717, 1.165) is 12.0 Å². The quantitative estimate of drug-likeness (QED) is 0.731. The zero-order chi connectivity index (χ0) is 13.1. The second kappa shape index (κ2) is 5.23. The molecule has 1 aromatic carbocycles. The maximum Gasteiger partial charge on any atom is 0.0991 e. The molecule has 0 saturated carbocycles. The van der Waals surface area contributed by atoms with Crippen molar-refractivity contribution in [2.45, 2.75) is 33.6 Å². The maximum atomic E-state index is 8.85. The van der Waals surface area contributed by atoms with Crippen molar-refractivity contribution >= 4 is 5.57 Å². The van der Waals surface area contributed by atoms with Crippen LogP contribution in [0.4, 0.5) is 0 Å². The van der Waals surface area contributed by atoms with Gasteiger partial charge in [0.15, 0.2) is 0 Å². The van der Waals surface area contributed by atoms with Crippen molar-refractivity contribution < 1.29 is 0 Å². The van der Waals surface area contributed by atoms with Gasteiger partial charge in [0.25, 0.3) is 0 Å². The number of hydrogen-bond acceptors (Lipinski definition) is 1. The predicted molar refractivity (Wildman–Crippen MR) is 75.9 cm³/mol. The molecule has 0 saturated heterocycles. The molecule has 1 aliphatic carbocycles. The average Bonchev–Trinajstić information content (AvgIpc) is 2.38. The lowest BCUT2D eigenvalue weighted by atomic mass is 9.82. The molecule has 92 valence electrons. The van der Waals surface area contributed by atoms with Crippen LogP contribution in [0.25, 0.3) is 5.57 Å². The summed E-state index contributed by atoms with van der Waals surface area (Å²) in [6.07, 6.45) is 4.63. The first-order valence-corrected chi connectivity index (χ1v) is 6.54. The first-order valence-electron chi connectivity index (χ1n) is 6.54. The average molecular weight is 237 g/mol. The zero-order valence-electron chi connectivity index (χ0n) is 11.3. The third-order valence-corrected chi connectivity index (χ3v) is 3.52. The molecule has 0 spiro atoms. The third-order valence-electron chi connectivity index (χ3n) is 3.52. The van der Waals surface area contributed by atoms with E-state index in [0.29, 0.717) is 5.92 Å². The normalized spacial score (nSPS) is 15.6. The molecular weight excluding hydrogens is 218 g/mol. The van der Waals surface area contributed by atoms with Crippen LogP contribution in [0.1, 0.15) is 44.7 Å². The van der Waals surface area contributed by atoms with Crippen molar-refractivity contribution in [2.75, 3.05) is 0 Å². The Labute approximate surface area is 109 Å². The topological polar surface area (TPSA) is 23.8 Å². The Hall–Kier alpha value is -1.81. The van der Waals surface area contributed by atoms with Crippen LogP contribution < -0.4 is 0 Å². The molecule has 0 aliphatic heterocycles. The van der Waals surface area contributed by atoms with Crippen molar-refractivity contribution in [3.8, 4) is 6.07 Å². The fourth-order valence-electron chi connectivity index (χ4n) is 2.71. The third kappa shape index (κ3) is 2.38. The molecule has 0 amide bonds. The van der Waals surface area contributed by atoms with Gasteiger partial charge in [0.1, 0.15) is 0 Å². The van der Waals surface area contributed by atoms with Crippen molar-refractivity contribution in [2.24, 2.45) is 5.92 Å². The molecule has 0 aromatic heterocycles. The monoisotopic (exact) mass is 237 g/mol. The van der Waals surface area contributed by atoms with Crippen LogP contribution >= 0.6 is 0 Å². The number of rotatable bonds is 2. The van der Waals surface area contributed by atoms with E-state index < -0.39 is 0 Å². The van der Waals surface area contributed by atoms with Gasteiger partial charge in [-0.1, -0.05) is 37.6 Å². The van der Waals surface area contributed by atoms with Crippen LogP contribution in [0.2, 0.25) is 0 Å². The van der Waals surface area contributed by atoms with Crippen LogP contribution in [0, 0.1) is 17.2 Å². The number of nitrogens with zero attached hydrogens (tertiary/aromatic N) is 1. The molecule has 0 radical (unpaired) electrons. The van der Waals surface area contributed by atoms with Gasteiger partial charge in [-0.2, -0.15) is 5.26 Å². The van der Waals surface area contributed by atoms with Gasteiger partial charge in [0, 0.05) is 0 Å². The summed E-state index contributed by atoms with van der Waals surface area (Å²) < 4.78 is 0. The summed E-state index contributed by atoms with van der Waals surface area (Å²) >= 11 is 0. The van der Waals surface area contributed by atoms with Crippen LogP contribution in [-0.4, -0.2) is 0 Å². The summed E-state index contributed by atoms with van der Waals surface area (Å²) in [4.78, 5) is 0. The Morgan fingerprint density at radius 2 is 1.83 bits per heavy atom. The highest BCUT2D eigenvalue weighted by Gasteiger charge is 2.17. The van der Waals surface area contributed by atoms with Crippen molar-refractivity contribution in [1.82, 2.24) is 0 Å². The summed E-state index contributed by atoms with van der Waals surface area (Å²) in [5, 5.41) is 8.85. The van der Waals surface area contributed by atoms with Crippen molar-refractivity contribution in [3.05, 3.63) is 52.6 Å². The molecule has 0 bridgehead atoms. The Kier molecular flexibility index (Phi) is 3.67. The van der Waals surface area contributed by atoms with Gasteiger partial charge in [-0.3, -0.25) is 0 Å². The highest BCUT2D eigenvalue weighted by Crippen LogP contribution is 2.36. The van der Waals surface area contributed by atoms with Gasteiger partial charge in [-0.25, -0.2) is 0 Å². The van der Waals surface area contributed by atoms with Gasteiger partial charge in [-0.15, -0.1) is 0 Å². The second-order valence-electron chi connectivity index (χ2n) is 5.19. The van der Waals surface area contributed by atoms with E-state index in [1.165, 1.54) is 28.7 Å². The molecule has 0 fully saturated rings. The largest absolute Gasteiger partial charge is 0.192 e. The minimum atomic E-state index is 0.548. The first kappa shape index (κ1) is 12.6. The summed E-state index contributed by atoms with van der Waals surface area (Å²) in [6.45, 7) is 6.75. The van der Waals surface area contributed by atoms with E-state index in [-0.39, 0.29) is 0 Å². The summed E-state index contributed by atoms with van der Waals surface area (Å²) in [5.41, 5.74) is 6.30. The van der Waals surface area contributed by atoms with E-state index in [4.69, 9.17) is 5.26 Å². The lowest BCUT2D eigenvalue weighted by Gasteiger charge is -2.23. The van der Waals surface area contributed by atoms with Gasteiger partial charge in [-0.05, 0) is 54.5 Å². The Balaban J connectivity index is 2.43. The van der Waals surface area contributed by atoms with E-state index in [1.807, 2.05) is 12.1 Å². The standard InChI is InChI=1S/C17H19N/c1-12(2)17-13(3)5-4-6-16(17)15-9-7-14(11-18)8-10-15/h6-10,12H,4-5H2,1-3H3. The van der Waals surface area contributed by atoms with E-state index >= 15 is 0 Å². The summed E-state index contributed by atoms with van der Waals surface area (Å²) in [5.74, 6) is 0.548. The molecule has 1 nitrogen and oxygen atoms in total. The number of allylic oxidation sites excluding steroid dienone is 4. The number of benzene rings is 1. The summed E-state index contributed by atoms with van der Waals surface area (Å²) in [7, 11) is 0. The van der Waals surface area contributed by atoms with E-state index in [2.05, 4.69) is 45.0 Å². The highest BCUT2D eigenvalue weighted by atomic mass is 14.2. The lowest BCUT2D eigenvalue weighted by Crippen LogP contribution is -2.05. The fourth-order valence-corrected chi connectivity index (χ4v) is 2.71. The van der Waals surface area contributed by atoms with E-state index in [9.17, 15) is 0 Å². The molecule has 0 unspecified atom stereocenters. The van der Waals surface area contributed by atoms with Gasteiger partial charge in [0.05, 0.1) is 11.6 Å².